The predicted octanol–water partition coefficient (Wildman–Crippen LogP) is -1.75. The molecule has 1 aliphatic rings. The standard InChI is InChI=1S/C4H10N2.H3O4P.Zn/c1-2-6-4-3-5-1;1-5(2,3)4;/h5-6H,1-4H2;(H3,1,2,3,4);. The van der Waals surface area contributed by atoms with Crippen LogP contribution in [0.5, 0.6) is 0 Å². The fraction of sp³-hybridized carbons (Fsp3) is 1.00. The van der Waals surface area contributed by atoms with Crippen molar-refractivity contribution in [2.24, 2.45) is 0 Å². The number of piperazine rings is 1. The molecule has 0 unspecified atom stereocenters. The van der Waals surface area contributed by atoms with E-state index < -0.39 is 7.82 Å². The van der Waals surface area contributed by atoms with Crippen LogP contribution < -0.4 is 10.6 Å². The molecule has 0 atom stereocenters. The van der Waals surface area contributed by atoms with Gasteiger partial charge in [0.25, 0.3) is 0 Å². The van der Waals surface area contributed by atoms with Gasteiger partial charge in [-0.1, -0.05) is 0 Å². The second kappa shape index (κ2) is 8.26. The Balaban J connectivity index is 0. The minimum atomic E-state index is -4.64. The summed E-state index contributed by atoms with van der Waals surface area (Å²) in [5.74, 6) is 0. The van der Waals surface area contributed by atoms with Crippen molar-refractivity contribution in [2.45, 2.75) is 0 Å². The minimum absolute atomic E-state index is 0. The molecule has 1 saturated heterocycles. The summed E-state index contributed by atoms with van der Waals surface area (Å²) in [5.41, 5.74) is 0. The molecule has 0 bridgehead atoms. The van der Waals surface area contributed by atoms with Crippen LogP contribution in [0, 0.1) is 0 Å². The third-order valence-electron chi connectivity index (χ3n) is 0.957. The maximum absolute atomic E-state index is 8.88. The summed E-state index contributed by atoms with van der Waals surface area (Å²) in [7, 11) is -4.64. The number of hydrogen-bond acceptors (Lipinski definition) is 3. The molecule has 1 fully saturated rings. The zero-order chi connectivity index (χ0) is 8.74. The van der Waals surface area contributed by atoms with Crippen LogP contribution in [0.3, 0.4) is 0 Å². The Bertz CT molecular complexity index is 117. The van der Waals surface area contributed by atoms with Crippen molar-refractivity contribution in [3.05, 3.63) is 0 Å². The second-order valence-corrected chi connectivity index (χ2v) is 3.04. The first kappa shape index (κ1) is 15.1. The Hall–Kier alpha value is 0.653. The largest absolute Gasteiger partial charge is 0.466 e. The number of phosphoric acid groups is 1. The maximum atomic E-state index is 8.88. The van der Waals surface area contributed by atoms with E-state index in [9.17, 15) is 0 Å². The molecule has 5 N–H and O–H groups in total. The Morgan fingerprint density at radius 1 is 0.917 bits per heavy atom. The summed E-state index contributed by atoms with van der Waals surface area (Å²) < 4.78 is 8.88. The van der Waals surface area contributed by atoms with Crippen molar-refractivity contribution < 1.29 is 38.7 Å². The van der Waals surface area contributed by atoms with Gasteiger partial charge in [-0.15, -0.1) is 0 Å². The van der Waals surface area contributed by atoms with E-state index in [2.05, 4.69) is 10.6 Å². The van der Waals surface area contributed by atoms with Crippen molar-refractivity contribution in [2.75, 3.05) is 26.2 Å². The zero-order valence-corrected chi connectivity index (χ0v) is 10.6. The summed E-state index contributed by atoms with van der Waals surface area (Å²) in [4.78, 5) is 21.6. The molecule has 0 spiro atoms. The average Bonchev–Trinajstić information content (AvgIpc) is 1.88. The van der Waals surface area contributed by atoms with Crippen molar-refractivity contribution >= 4 is 7.82 Å². The first-order valence-electron chi connectivity index (χ1n) is 3.20. The Labute approximate surface area is 83.7 Å². The van der Waals surface area contributed by atoms with Crippen LogP contribution in [0.4, 0.5) is 0 Å². The molecule has 0 aromatic rings. The van der Waals surface area contributed by atoms with E-state index in [-0.39, 0.29) is 19.5 Å². The fourth-order valence-electron chi connectivity index (χ4n) is 0.604. The molecule has 0 aromatic carbocycles. The van der Waals surface area contributed by atoms with Crippen molar-refractivity contribution in [1.82, 2.24) is 10.6 Å². The fourth-order valence-corrected chi connectivity index (χ4v) is 0.604. The van der Waals surface area contributed by atoms with Crippen molar-refractivity contribution in [1.29, 1.82) is 0 Å². The molecule has 1 rings (SSSR count). The van der Waals surface area contributed by atoms with E-state index in [4.69, 9.17) is 19.2 Å². The Morgan fingerprint density at radius 3 is 1.17 bits per heavy atom. The van der Waals surface area contributed by atoms with Gasteiger partial charge in [0.1, 0.15) is 0 Å². The van der Waals surface area contributed by atoms with Crippen LogP contribution in [-0.4, -0.2) is 40.9 Å². The Kier molecular flexibility index (Phi) is 10.4. The van der Waals surface area contributed by atoms with Crippen LogP contribution in [0.25, 0.3) is 0 Å². The maximum Gasteiger partial charge on any atom is 0.466 e. The van der Waals surface area contributed by atoms with Crippen LogP contribution in [0.2, 0.25) is 0 Å². The molecule has 0 saturated carbocycles. The van der Waals surface area contributed by atoms with Gasteiger partial charge in [-0.05, 0) is 0 Å². The van der Waals surface area contributed by atoms with E-state index in [0.717, 1.165) is 26.2 Å². The summed E-state index contributed by atoms with van der Waals surface area (Å²) in [6.45, 7) is 4.56. The zero-order valence-electron chi connectivity index (χ0n) is 6.73. The van der Waals surface area contributed by atoms with Crippen LogP contribution >= 0.6 is 7.82 Å². The molecule has 8 heteroatoms. The molecule has 70 valence electrons. The molecule has 6 nitrogen and oxygen atoms in total. The van der Waals surface area contributed by atoms with Gasteiger partial charge in [-0.3, -0.25) is 0 Å². The van der Waals surface area contributed by atoms with Crippen LogP contribution in [0.1, 0.15) is 0 Å². The van der Waals surface area contributed by atoms with Gasteiger partial charge in [0, 0.05) is 45.7 Å². The van der Waals surface area contributed by atoms with Crippen molar-refractivity contribution in [3.8, 4) is 0 Å². The third-order valence-corrected chi connectivity index (χ3v) is 0.957. The van der Waals surface area contributed by atoms with Gasteiger partial charge in [0.2, 0.25) is 0 Å². The first-order valence-corrected chi connectivity index (χ1v) is 4.76. The van der Waals surface area contributed by atoms with Crippen LogP contribution in [-0.2, 0) is 24.0 Å². The third kappa shape index (κ3) is 22.4. The molecule has 1 heterocycles. The second-order valence-electron chi connectivity index (χ2n) is 2.01. The normalized spacial score (nSPS) is 16.9. The Morgan fingerprint density at radius 2 is 1.08 bits per heavy atom. The number of rotatable bonds is 0. The van der Waals surface area contributed by atoms with E-state index in [1.807, 2.05) is 0 Å². The molecule has 1 aliphatic heterocycles. The van der Waals surface area contributed by atoms with E-state index in [1.165, 1.54) is 0 Å². The van der Waals surface area contributed by atoms with Crippen molar-refractivity contribution in [3.63, 3.8) is 0 Å². The first-order chi connectivity index (χ1) is 5.00. The van der Waals surface area contributed by atoms with E-state index >= 15 is 0 Å². The minimum Gasteiger partial charge on any atom is -0.314 e. The molecular formula is C4H13N2O4PZn. The summed E-state index contributed by atoms with van der Waals surface area (Å²) in [6.07, 6.45) is 0. The quantitative estimate of drug-likeness (QED) is 0.258. The average molecular weight is 250 g/mol. The number of hydrogen-bond donors (Lipinski definition) is 5. The molecule has 12 heavy (non-hydrogen) atoms. The van der Waals surface area contributed by atoms with Gasteiger partial charge < -0.3 is 25.3 Å². The molecular weight excluding hydrogens is 236 g/mol. The number of nitrogens with one attached hydrogen (secondary N) is 2. The van der Waals surface area contributed by atoms with Gasteiger partial charge in [0.05, 0.1) is 0 Å². The predicted molar refractivity (Wildman–Crippen MR) is 40.0 cm³/mol. The molecule has 0 aliphatic carbocycles. The van der Waals surface area contributed by atoms with Gasteiger partial charge in [-0.25, -0.2) is 4.57 Å². The summed E-state index contributed by atoms with van der Waals surface area (Å²) in [6, 6.07) is 0. The van der Waals surface area contributed by atoms with Gasteiger partial charge in [0.15, 0.2) is 0 Å². The SMILES string of the molecule is C1CNCCN1.O=P(O)(O)O.[Zn]. The molecule has 0 aromatic heterocycles. The van der Waals surface area contributed by atoms with E-state index in [1.54, 1.807) is 0 Å². The molecule has 0 radical (unpaired) electrons. The summed E-state index contributed by atoms with van der Waals surface area (Å²) >= 11 is 0. The van der Waals surface area contributed by atoms with Crippen LogP contribution in [0.15, 0.2) is 0 Å². The topological polar surface area (TPSA) is 102 Å². The van der Waals surface area contributed by atoms with E-state index in [0.29, 0.717) is 0 Å². The monoisotopic (exact) mass is 248 g/mol. The summed E-state index contributed by atoms with van der Waals surface area (Å²) in [5, 5.41) is 6.44. The van der Waals surface area contributed by atoms with Gasteiger partial charge >= 0.3 is 7.82 Å². The smallest absolute Gasteiger partial charge is 0.314 e. The molecule has 0 amide bonds. The van der Waals surface area contributed by atoms with Gasteiger partial charge in [-0.2, -0.15) is 0 Å².